The first-order valence-electron chi connectivity index (χ1n) is 6.26. The van der Waals surface area contributed by atoms with Crippen molar-refractivity contribution in [2.75, 3.05) is 0 Å². The number of hydrogen-bond acceptors (Lipinski definition) is 4. The molecule has 0 atom stereocenters. The van der Waals surface area contributed by atoms with Crippen LogP contribution in [-0.4, -0.2) is 26.3 Å². The molecule has 20 heavy (non-hydrogen) atoms. The first kappa shape index (κ1) is 12.5. The lowest BCUT2D eigenvalue weighted by atomic mass is 10.1. The normalized spacial score (nSPS) is 11.2. The van der Waals surface area contributed by atoms with Crippen LogP contribution in [0.25, 0.3) is 22.3 Å². The number of nitrogens with zero attached hydrogens (tertiary/aromatic N) is 3. The maximum Gasteiger partial charge on any atom is 0.165 e. The Morgan fingerprint density at radius 1 is 1.30 bits per heavy atom. The molecule has 0 aliphatic rings. The van der Waals surface area contributed by atoms with Crippen molar-refractivity contribution in [2.45, 2.75) is 20.0 Å². The predicted octanol–water partition coefficient (Wildman–Crippen LogP) is 2.95. The van der Waals surface area contributed by atoms with E-state index in [1.54, 1.807) is 18.3 Å². The zero-order valence-corrected chi connectivity index (χ0v) is 11.1. The van der Waals surface area contributed by atoms with Gasteiger partial charge in [0.05, 0.1) is 11.5 Å². The Morgan fingerprint density at radius 2 is 2.15 bits per heavy atom. The van der Waals surface area contributed by atoms with Crippen molar-refractivity contribution in [2.24, 2.45) is 0 Å². The van der Waals surface area contributed by atoms with Crippen LogP contribution in [0.5, 0.6) is 5.75 Å². The summed E-state index contributed by atoms with van der Waals surface area (Å²) in [6, 6.07) is 4.78. The van der Waals surface area contributed by atoms with Crippen LogP contribution >= 0.6 is 0 Å². The van der Waals surface area contributed by atoms with Gasteiger partial charge in [0.25, 0.3) is 0 Å². The monoisotopic (exact) mass is 272 g/mol. The van der Waals surface area contributed by atoms with Crippen LogP contribution < -0.4 is 4.74 Å². The molecule has 0 saturated carbocycles. The van der Waals surface area contributed by atoms with Crippen molar-refractivity contribution in [3.8, 4) is 17.0 Å². The summed E-state index contributed by atoms with van der Waals surface area (Å²) in [7, 11) is 0. The fraction of sp³-hybridized carbons (Fsp3) is 0.214. The van der Waals surface area contributed by atoms with E-state index in [0.717, 1.165) is 5.39 Å². The molecular weight excluding hydrogens is 259 g/mol. The van der Waals surface area contributed by atoms with Gasteiger partial charge in [-0.25, -0.2) is 14.4 Å². The smallest absolute Gasteiger partial charge is 0.165 e. The van der Waals surface area contributed by atoms with Crippen LogP contribution in [-0.2, 0) is 0 Å². The highest BCUT2D eigenvalue weighted by Crippen LogP contribution is 2.28. The molecule has 0 amide bonds. The van der Waals surface area contributed by atoms with E-state index in [2.05, 4.69) is 20.2 Å². The van der Waals surface area contributed by atoms with Gasteiger partial charge < -0.3 is 4.74 Å². The Labute approximate surface area is 114 Å². The summed E-state index contributed by atoms with van der Waals surface area (Å²) in [6.45, 7) is 3.71. The summed E-state index contributed by atoms with van der Waals surface area (Å²) in [6.07, 6.45) is 3.01. The molecular formula is C14H13FN4O. The van der Waals surface area contributed by atoms with Gasteiger partial charge in [0, 0.05) is 11.8 Å². The second kappa shape index (κ2) is 4.88. The Morgan fingerprint density at radius 3 is 2.90 bits per heavy atom. The van der Waals surface area contributed by atoms with Gasteiger partial charge in [0.15, 0.2) is 17.2 Å². The average Bonchev–Trinajstić information content (AvgIpc) is 2.84. The molecule has 0 saturated heterocycles. The molecule has 0 aliphatic heterocycles. The van der Waals surface area contributed by atoms with Crippen LogP contribution in [0.3, 0.4) is 0 Å². The molecule has 102 valence electrons. The molecule has 3 rings (SSSR count). The highest BCUT2D eigenvalue weighted by atomic mass is 19.1. The van der Waals surface area contributed by atoms with Crippen LogP contribution in [0, 0.1) is 5.82 Å². The van der Waals surface area contributed by atoms with E-state index in [0.29, 0.717) is 16.9 Å². The van der Waals surface area contributed by atoms with E-state index in [9.17, 15) is 4.39 Å². The number of H-pyrrole nitrogens is 1. The maximum atomic E-state index is 14.0. The third-order valence-electron chi connectivity index (χ3n) is 2.81. The quantitative estimate of drug-likeness (QED) is 0.796. The lowest BCUT2D eigenvalue weighted by Crippen LogP contribution is -2.06. The summed E-state index contributed by atoms with van der Waals surface area (Å²) in [5, 5.41) is 7.71. The summed E-state index contributed by atoms with van der Waals surface area (Å²) < 4.78 is 19.4. The first-order valence-corrected chi connectivity index (χ1v) is 6.26. The summed E-state index contributed by atoms with van der Waals surface area (Å²) in [5.41, 5.74) is 1.90. The number of halogens is 1. The van der Waals surface area contributed by atoms with E-state index in [4.69, 9.17) is 4.74 Å². The SMILES string of the molecule is CC(C)Oc1ccc(-c2n[nH]c3ncncc23)cc1F. The fourth-order valence-electron chi connectivity index (χ4n) is 1.98. The highest BCUT2D eigenvalue weighted by Gasteiger charge is 2.12. The van der Waals surface area contributed by atoms with Gasteiger partial charge >= 0.3 is 0 Å². The Hall–Kier alpha value is -2.50. The standard InChI is InChI=1S/C14H13FN4O/c1-8(2)20-12-4-3-9(5-11(12)15)13-10-6-16-7-17-14(10)19-18-13/h3-8H,1-2H3,(H,16,17,18,19). The zero-order chi connectivity index (χ0) is 14.1. The number of aromatic amines is 1. The lowest BCUT2D eigenvalue weighted by Gasteiger charge is -2.10. The van der Waals surface area contributed by atoms with Crippen LogP contribution in [0.1, 0.15) is 13.8 Å². The Kier molecular flexibility index (Phi) is 3.06. The van der Waals surface area contributed by atoms with Gasteiger partial charge in [0.2, 0.25) is 0 Å². The number of aromatic nitrogens is 4. The van der Waals surface area contributed by atoms with Gasteiger partial charge in [-0.05, 0) is 32.0 Å². The third kappa shape index (κ3) is 2.20. The second-order valence-corrected chi connectivity index (χ2v) is 4.67. The number of rotatable bonds is 3. The molecule has 0 unspecified atom stereocenters. The van der Waals surface area contributed by atoms with Crippen molar-refractivity contribution in [3.05, 3.63) is 36.5 Å². The first-order chi connectivity index (χ1) is 9.65. The molecule has 0 radical (unpaired) electrons. The van der Waals surface area contributed by atoms with E-state index >= 15 is 0 Å². The number of fused-ring (bicyclic) bond motifs is 1. The molecule has 6 heteroatoms. The molecule has 2 aromatic heterocycles. The molecule has 5 nitrogen and oxygen atoms in total. The molecule has 0 spiro atoms. The average molecular weight is 272 g/mol. The number of nitrogens with one attached hydrogen (secondary N) is 1. The minimum Gasteiger partial charge on any atom is -0.488 e. The highest BCUT2D eigenvalue weighted by molar-refractivity contribution is 5.89. The van der Waals surface area contributed by atoms with Crippen LogP contribution in [0.4, 0.5) is 4.39 Å². The Balaban J connectivity index is 2.04. The molecule has 2 heterocycles. The van der Waals surface area contributed by atoms with Crippen molar-refractivity contribution in [1.29, 1.82) is 0 Å². The molecule has 0 bridgehead atoms. The summed E-state index contributed by atoms with van der Waals surface area (Å²) in [5.74, 6) is -0.177. The molecule has 1 N–H and O–H groups in total. The lowest BCUT2D eigenvalue weighted by molar-refractivity contribution is 0.231. The summed E-state index contributed by atoms with van der Waals surface area (Å²) >= 11 is 0. The van der Waals surface area contributed by atoms with E-state index in [1.807, 2.05) is 13.8 Å². The van der Waals surface area contributed by atoms with Crippen molar-refractivity contribution in [1.82, 2.24) is 20.2 Å². The topological polar surface area (TPSA) is 63.7 Å². The van der Waals surface area contributed by atoms with Crippen LogP contribution in [0.15, 0.2) is 30.7 Å². The fourth-order valence-corrected chi connectivity index (χ4v) is 1.98. The minimum atomic E-state index is -0.413. The number of benzene rings is 1. The van der Waals surface area contributed by atoms with Gasteiger partial charge in [-0.2, -0.15) is 5.10 Å². The van der Waals surface area contributed by atoms with Gasteiger partial charge in [0.1, 0.15) is 12.0 Å². The van der Waals surface area contributed by atoms with Crippen molar-refractivity contribution >= 4 is 11.0 Å². The number of ether oxygens (including phenoxy) is 1. The van der Waals surface area contributed by atoms with Gasteiger partial charge in [-0.1, -0.05) is 0 Å². The van der Waals surface area contributed by atoms with E-state index in [-0.39, 0.29) is 11.9 Å². The van der Waals surface area contributed by atoms with E-state index in [1.165, 1.54) is 12.4 Å². The van der Waals surface area contributed by atoms with Gasteiger partial charge in [-0.15, -0.1) is 0 Å². The minimum absolute atomic E-state index is 0.0741. The summed E-state index contributed by atoms with van der Waals surface area (Å²) in [4.78, 5) is 8.02. The van der Waals surface area contributed by atoms with Crippen LogP contribution in [0.2, 0.25) is 0 Å². The maximum absolute atomic E-state index is 14.0. The molecule has 0 aliphatic carbocycles. The molecule has 3 aromatic rings. The Bertz CT molecular complexity index is 754. The van der Waals surface area contributed by atoms with Crippen molar-refractivity contribution < 1.29 is 9.13 Å². The third-order valence-corrected chi connectivity index (χ3v) is 2.81. The van der Waals surface area contributed by atoms with E-state index < -0.39 is 5.82 Å². The molecule has 1 aromatic carbocycles. The second-order valence-electron chi connectivity index (χ2n) is 4.67. The molecule has 0 fully saturated rings. The number of hydrogen-bond donors (Lipinski definition) is 1. The van der Waals surface area contributed by atoms with Gasteiger partial charge in [-0.3, -0.25) is 5.10 Å². The zero-order valence-electron chi connectivity index (χ0n) is 11.1. The predicted molar refractivity (Wildman–Crippen MR) is 72.8 cm³/mol. The largest absolute Gasteiger partial charge is 0.488 e. The van der Waals surface area contributed by atoms with Crippen molar-refractivity contribution in [3.63, 3.8) is 0 Å².